The van der Waals surface area contributed by atoms with Crippen LogP contribution in [-0.4, -0.2) is 41.3 Å². The molecule has 0 radical (unpaired) electrons. The second-order valence-electron chi connectivity index (χ2n) is 7.29. The van der Waals surface area contributed by atoms with Crippen LogP contribution in [-0.2, 0) is 17.8 Å². The van der Waals surface area contributed by atoms with Crippen molar-refractivity contribution < 1.29 is 9.26 Å². The Morgan fingerprint density at radius 3 is 3.00 bits per heavy atom. The van der Waals surface area contributed by atoms with Crippen LogP contribution in [0.25, 0.3) is 0 Å². The van der Waals surface area contributed by atoms with Gasteiger partial charge >= 0.3 is 0 Å². The first kappa shape index (κ1) is 17.1. The van der Waals surface area contributed by atoms with Crippen LogP contribution in [0.1, 0.15) is 49.6 Å². The highest BCUT2D eigenvalue weighted by Gasteiger charge is 2.56. The fourth-order valence-corrected chi connectivity index (χ4v) is 4.63. The van der Waals surface area contributed by atoms with Crippen molar-refractivity contribution >= 4 is 11.3 Å². The molecule has 4 rings (SSSR count). The smallest absolute Gasteiger partial charge is 0.240 e. The van der Waals surface area contributed by atoms with Crippen LogP contribution in [0.2, 0.25) is 0 Å². The fourth-order valence-electron chi connectivity index (χ4n) is 3.97. The summed E-state index contributed by atoms with van der Waals surface area (Å²) in [5.41, 5.74) is 1.86. The van der Waals surface area contributed by atoms with Crippen LogP contribution >= 0.6 is 11.3 Å². The molecule has 1 aliphatic carbocycles. The van der Waals surface area contributed by atoms with Crippen molar-refractivity contribution in [2.75, 3.05) is 20.2 Å². The molecule has 2 atom stereocenters. The van der Waals surface area contributed by atoms with Gasteiger partial charge in [-0.15, -0.1) is 0 Å². The van der Waals surface area contributed by atoms with Gasteiger partial charge in [-0.2, -0.15) is 16.3 Å². The lowest BCUT2D eigenvalue weighted by molar-refractivity contribution is 0.109. The highest BCUT2D eigenvalue weighted by atomic mass is 32.1. The number of methoxy groups -OCH3 is 1. The molecule has 1 spiro atoms. The van der Waals surface area contributed by atoms with Gasteiger partial charge in [0.25, 0.3) is 0 Å². The summed E-state index contributed by atoms with van der Waals surface area (Å²) in [5, 5.41) is 11.9. The third-order valence-electron chi connectivity index (χ3n) is 5.69. The van der Waals surface area contributed by atoms with Gasteiger partial charge in [0, 0.05) is 19.7 Å². The Hall–Kier alpha value is -1.28. The largest absolute Gasteiger partial charge is 0.374 e. The highest BCUT2D eigenvalue weighted by molar-refractivity contribution is 7.07. The van der Waals surface area contributed by atoms with E-state index in [1.54, 1.807) is 18.4 Å². The Kier molecular flexibility index (Phi) is 4.90. The maximum atomic E-state index is 5.50. The van der Waals surface area contributed by atoms with Gasteiger partial charge in [0.2, 0.25) is 5.89 Å². The number of ether oxygens (including phenoxy) is 1. The molecule has 2 aromatic heterocycles. The van der Waals surface area contributed by atoms with Crippen molar-refractivity contribution in [3.63, 3.8) is 0 Å². The normalized spacial score (nSPS) is 23.2. The molecule has 1 saturated heterocycles. The first-order chi connectivity index (χ1) is 12.2. The molecule has 6 nitrogen and oxygen atoms in total. The van der Waals surface area contributed by atoms with Crippen LogP contribution in [0.5, 0.6) is 0 Å². The zero-order valence-electron chi connectivity index (χ0n) is 14.9. The van der Waals surface area contributed by atoms with Crippen molar-refractivity contribution in [3.05, 3.63) is 34.1 Å². The molecule has 1 saturated carbocycles. The van der Waals surface area contributed by atoms with Crippen molar-refractivity contribution in [1.82, 2.24) is 20.4 Å². The summed E-state index contributed by atoms with van der Waals surface area (Å²) in [6, 6.07) is 2.83. The van der Waals surface area contributed by atoms with E-state index in [0.29, 0.717) is 29.7 Å². The number of thiophene rings is 1. The lowest BCUT2D eigenvalue weighted by atomic mass is 9.93. The number of piperidine rings is 1. The predicted molar refractivity (Wildman–Crippen MR) is 96.2 cm³/mol. The molecular weight excluding hydrogens is 336 g/mol. The standard InChI is InChI=1S/C18H26N4O2S/c1-13(23-2)17-20-16(24-21-17)11-22(10-14-3-8-25-12-14)15-9-18(15)4-6-19-7-5-18/h3,8,12-13,15,19H,4-7,9-11H2,1-2H3. The molecule has 136 valence electrons. The zero-order valence-corrected chi connectivity index (χ0v) is 15.7. The quantitative estimate of drug-likeness (QED) is 0.817. The SMILES string of the molecule is COC(C)c1noc(CN(Cc2ccsc2)C2CC23CCNCC3)n1. The van der Waals surface area contributed by atoms with E-state index in [1.807, 2.05) is 6.92 Å². The number of aromatic nitrogens is 2. The van der Waals surface area contributed by atoms with Crippen LogP contribution in [0.4, 0.5) is 0 Å². The van der Waals surface area contributed by atoms with Crippen molar-refractivity contribution in [2.45, 2.75) is 51.4 Å². The molecule has 2 unspecified atom stereocenters. The van der Waals surface area contributed by atoms with Gasteiger partial charge in [0.1, 0.15) is 6.10 Å². The lowest BCUT2D eigenvalue weighted by Gasteiger charge is -2.28. The lowest BCUT2D eigenvalue weighted by Crippen LogP contribution is -2.35. The maximum absolute atomic E-state index is 5.50. The Morgan fingerprint density at radius 1 is 1.44 bits per heavy atom. The van der Waals surface area contributed by atoms with E-state index in [2.05, 4.69) is 37.2 Å². The van der Waals surface area contributed by atoms with Gasteiger partial charge in [0.05, 0.1) is 6.54 Å². The Morgan fingerprint density at radius 2 is 2.28 bits per heavy atom. The average Bonchev–Trinajstić information content (AvgIpc) is 3.03. The van der Waals surface area contributed by atoms with E-state index in [1.165, 1.54) is 24.8 Å². The summed E-state index contributed by atoms with van der Waals surface area (Å²) in [6.45, 7) is 5.86. The minimum absolute atomic E-state index is 0.139. The first-order valence-corrected chi connectivity index (χ1v) is 9.95. The molecule has 2 aromatic rings. The van der Waals surface area contributed by atoms with Crippen molar-refractivity contribution in [1.29, 1.82) is 0 Å². The van der Waals surface area contributed by atoms with E-state index < -0.39 is 0 Å². The van der Waals surface area contributed by atoms with Gasteiger partial charge in [0.15, 0.2) is 5.82 Å². The van der Waals surface area contributed by atoms with E-state index >= 15 is 0 Å². The number of nitrogens with one attached hydrogen (secondary N) is 1. The van der Waals surface area contributed by atoms with E-state index in [4.69, 9.17) is 9.26 Å². The molecule has 0 aromatic carbocycles. The van der Waals surface area contributed by atoms with Gasteiger partial charge in [-0.1, -0.05) is 5.16 Å². The van der Waals surface area contributed by atoms with Gasteiger partial charge in [-0.3, -0.25) is 4.90 Å². The molecule has 2 fully saturated rings. The van der Waals surface area contributed by atoms with Crippen molar-refractivity contribution in [3.8, 4) is 0 Å². The summed E-state index contributed by atoms with van der Waals surface area (Å²) < 4.78 is 10.8. The van der Waals surface area contributed by atoms with E-state index in [9.17, 15) is 0 Å². The molecule has 0 bridgehead atoms. The number of nitrogens with zero attached hydrogens (tertiary/aromatic N) is 3. The molecule has 25 heavy (non-hydrogen) atoms. The molecule has 7 heteroatoms. The van der Waals surface area contributed by atoms with E-state index in [0.717, 1.165) is 19.6 Å². The highest BCUT2D eigenvalue weighted by Crippen LogP contribution is 2.56. The summed E-state index contributed by atoms with van der Waals surface area (Å²) in [4.78, 5) is 7.07. The Labute approximate surface area is 152 Å². The van der Waals surface area contributed by atoms with Crippen LogP contribution in [0.15, 0.2) is 21.3 Å². The minimum atomic E-state index is -0.139. The number of hydrogen-bond donors (Lipinski definition) is 1. The van der Waals surface area contributed by atoms with Crippen LogP contribution in [0.3, 0.4) is 0 Å². The third-order valence-corrected chi connectivity index (χ3v) is 6.42. The second kappa shape index (κ2) is 7.15. The molecule has 0 amide bonds. The molecular formula is C18H26N4O2S. The number of rotatable bonds is 7. The van der Waals surface area contributed by atoms with Crippen LogP contribution in [0, 0.1) is 5.41 Å². The van der Waals surface area contributed by atoms with Gasteiger partial charge in [-0.25, -0.2) is 0 Å². The molecule has 1 N–H and O–H groups in total. The number of hydrogen-bond acceptors (Lipinski definition) is 7. The molecule has 3 heterocycles. The minimum Gasteiger partial charge on any atom is -0.374 e. The molecule has 2 aliphatic rings. The first-order valence-electron chi connectivity index (χ1n) is 9.01. The Bertz CT molecular complexity index is 681. The monoisotopic (exact) mass is 362 g/mol. The third kappa shape index (κ3) is 3.65. The second-order valence-corrected chi connectivity index (χ2v) is 8.07. The fraction of sp³-hybridized carbons (Fsp3) is 0.667. The van der Waals surface area contributed by atoms with Crippen LogP contribution < -0.4 is 5.32 Å². The maximum Gasteiger partial charge on any atom is 0.240 e. The summed E-state index contributed by atoms with van der Waals surface area (Å²) >= 11 is 1.75. The topological polar surface area (TPSA) is 63.4 Å². The Balaban J connectivity index is 1.49. The summed E-state index contributed by atoms with van der Waals surface area (Å²) in [7, 11) is 1.66. The van der Waals surface area contributed by atoms with E-state index in [-0.39, 0.29) is 6.10 Å². The summed E-state index contributed by atoms with van der Waals surface area (Å²) in [6.07, 6.45) is 3.69. The zero-order chi connectivity index (χ0) is 17.3. The predicted octanol–water partition coefficient (Wildman–Crippen LogP) is 2.98. The average molecular weight is 362 g/mol. The van der Waals surface area contributed by atoms with Crippen molar-refractivity contribution in [2.24, 2.45) is 5.41 Å². The summed E-state index contributed by atoms with van der Waals surface area (Å²) in [5.74, 6) is 1.31. The van der Waals surface area contributed by atoms with Gasteiger partial charge in [-0.05, 0) is 67.1 Å². The van der Waals surface area contributed by atoms with Gasteiger partial charge < -0.3 is 14.6 Å². The molecule has 1 aliphatic heterocycles.